The molecule has 0 aliphatic rings. The van der Waals surface area contributed by atoms with Crippen molar-refractivity contribution in [3.8, 4) is 6.07 Å². The van der Waals surface area contributed by atoms with Crippen LogP contribution in [0.2, 0.25) is 0 Å². The first-order valence-corrected chi connectivity index (χ1v) is 3.44. The number of aryl methyl sites for hydroxylation is 1. The Morgan fingerprint density at radius 3 is 2.45 bits per heavy atom. The van der Waals surface area contributed by atoms with Crippen molar-refractivity contribution >= 4 is 0 Å². The average Bonchev–Trinajstić information content (AvgIpc) is 2.04. The summed E-state index contributed by atoms with van der Waals surface area (Å²) in [7, 11) is 0. The second-order valence-electron chi connectivity index (χ2n) is 2.28. The Hall–Kier alpha value is -1.36. The zero-order valence-corrected chi connectivity index (χ0v) is 6.05. The number of nitrogens with zero attached hydrogens (tertiary/aromatic N) is 1. The van der Waals surface area contributed by atoms with E-state index >= 15 is 0 Å². The highest BCUT2D eigenvalue weighted by atomic mass is 19.1. The molecule has 0 unspecified atom stereocenters. The molecule has 0 spiro atoms. The van der Waals surface area contributed by atoms with E-state index in [4.69, 9.17) is 5.26 Å². The van der Waals surface area contributed by atoms with Gasteiger partial charge in [0, 0.05) is 6.42 Å². The largest absolute Gasteiger partial charge is 0.207 e. The van der Waals surface area contributed by atoms with Crippen LogP contribution in [0, 0.1) is 17.1 Å². The zero-order valence-electron chi connectivity index (χ0n) is 6.05. The van der Waals surface area contributed by atoms with Crippen LogP contribution in [0.15, 0.2) is 24.3 Å². The van der Waals surface area contributed by atoms with Crippen LogP contribution in [0.3, 0.4) is 0 Å². The maximum atomic E-state index is 12.3. The summed E-state index contributed by atoms with van der Waals surface area (Å²) in [6, 6.07) is 8.26. The molecule has 0 saturated heterocycles. The number of nitriles is 1. The lowest BCUT2D eigenvalue weighted by Gasteiger charge is -1.94. The van der Waals surface area contributed by atoms with E-state index in [1.54, 1.807) is 12.1 Å². The van der Waals surface area contributed by atoms with Gasteiger partial charge in [-0.3, -0.25) is 0 Å². The molecule has 0 fully saturated rings. The smallest absolute Gasteiger partial charge is 0.123 e. The molecule has 11 heavy (non-hydrogen) atoms. The van der Waals surface area contributed by atoms with Gasteiger partial charge in [-0.2, -0.15) is 5.26 Å². The fourth-order valence-electron chi connectivity index (χ4n) is 0.851. The molecule has 1 nitrogen and oxygen atoms in total. The fraction of sp³-hybridized carbons (Fsp3) is 0.222. The van der Waals surface area contributed by atoms with Crippen LogP contribution in [0.4, 0.5) is 4.39 Å². The maximum Gasteiger partial charge on any atom is 0.123 e. The molecule has 0 amide bonds. The van der Waals surface area contributed by atoms with E-state index in [1.807, 2.05) is 6.07 Å². The zero-order chi connectivity index (χ0) is 8.10. The van der Waals surface area contributed by atoms with Crippen molar-refractivity contribution in [1.29, 1.82) is 5.26 Å². The van der Waals surface area contributed by atoms with Crippen LogP contribution < -0.4 is 0 Å². The van der Waals surface area contributed by atoms with Crippen LogP contribution in [0.1, 0.15) is 12.0 Å². The topological polar surface area (TPSA) is 23.8 Å². The van der Waals surface area contributed by atoms with Crippen molar-refractivity contribution in [1.82, 2.24) is 0 Å². The Kier molecular flexibility index (Phi) is 2.62. The van der Waals surface area contributed by atoms with Crippen LogP contribution >= 0.6 is 0 Å². The van der Waals surface area contributed by atoms with Gasteiger partial charge in [-0.1, -0.05) is 12.1 Å². The summed E-state index contributed by atoms with van der Waals surface area (Å²) in [5.41, 5.74) is 1.01. The first-order valence-electron chi connectivity index (χ1n) is 3.44. The lowest BCUT2D eigenvalue weighted by Crippen LogP contribution is -1.83. The molecule has 0 aliphatic carbocycles. The molecule has 0 heterocycles. The van der Waals surface area contributed by atoms with Gasteiger partial charge in [0.2, 0.25) is 0 Å². The first kappa shape index (κ1) is 7.74. The van der Waals surface area contributed by atoms with Crippen molar-refractivity contribution in [2.75, 3.05) is 0 Å². The average molecular weight is 149 g/mol. The molecule has 1 rings (SSSR count). The predicted octanol–water partition coefficient (Wildman–Crippen LogP) is 2.28. The summed E-state index contributed by atoms with van der Waals surface area (Å²) < 4.78 is 12.3. The highest BCUT2D eigenvalue weighted by Crippen LogP contribution is 2.04. The SMILES string of the molecule is N#CCCc1ccc(F)cc1. The molecular formula is C9H8FN. The van der Waals surface area contributed by atoms with E-state index in [1.165, 1.54) is 12.1 Å². The van der Waals surface area contributed by atoms with Crippen LogP contribution in [-0.2, 0) is 6.42 Å². The van der Waals surface area contributed by atoms with E-state index < -0.39 is 0 Å². The number of hydrogen-bond donors (Lipinski definition) is 0. The highest BCUT2D eigenvalue weighted by molar-refractivity contribution is 5.16. The minimum Gasteiger partial charge on any atom is -0.207 e. The van der Waals surface area contributed by atoms with Crippen molar-refractivity contribution in [2.24, 2.45) is 0 Å². The van der Waals surface area contributed by atoms with Crippen molar-refractivity contribution in [3.63, 3.8) is 0 Å². The van der Waals surface area contributed by atoms with Crippen molar-refractivity contribution in [2.45, 2.75) is 12.8 Å². The van der Waals surface area contributed by atoms with Crippen LogP contribution in [0.5, 0.6) is 0 Å². The highest BCUT2D eigenvalue weighted by Gasteiger charge is 1.91. The molecule has 0 atom stereocenters. The Morgan fingerprint density at radius 2 is 1.91 bits per heavy atom. The quantitative estimate of drug-likeness (QED) is 0.632. The molecule has 56 valence electrons. The van der Waals surface area contributed by atoms with E-state index in [-0.39, 0.29) is 5.82 Å². The van der Waals surface area contributed by atoms with Gasteiger partial charge in [0.05, 0.1) is 6.07 Å². The molecule has 2 heteroatoms. The van der Waals surface area contributed by atoms with Crippen molar-refractivity contribution < 1.29 is 4.39 Å². The third-order valence-electron chi connectivity index (χ3n) is 1.44. The summed E-state index contributed by atoms with van der Waals surface area (Å²) in [5.74, 6) is -0.231. The predicted molar refractivity (Wildman–Crippen MR) is 40.3 cm³/mol. The minimum absolute atomic E-state index is 0.231. The first-order chi connectivity index (χ1) is 5.33. The molecule has 0 saturated carbocycles. The number of hydrogen-bond acceptors (Lipinski definition) is 1. The van der Waals surface area contributed by atoms with Gasteiger partial charge in [0.25, 0.3) is 0 Å². The second-order valence-corrected chi connectivity index (χ2v) is 2.28. The van der Waals surface area contributed by atoms with Crippen LogP contribution in [-0.4, -0.2) is 0 Å². The normalized spacial score (nSPS) is 9.09. The molecule has 0 aliphatic heterocycles. The summed E-state index contributed by atoms with van der Waals surface area (Å²) in [6.45, 7) is 0. The fourth-order valence-corrected chi connectivity index (χ4v) is 0.851. The summed E-state index contributed by atoms with van der Waals surface area (Å²) in [6.07, 6.45) is 1.20. The summed E-state index contributed by atoms with van der Waals surface area (Å²) in [4.78, 5) is 0. The Bertz CT molecular complexity index is 258. The molecule has 0 aromatic heterocycles. The molecule has 1 aromatic carbocycles. The van der Waals surface area contributed by atoms with E-state index in [0.29, 0.717) is 12.8 Å². The molecule has 0 N–H and O–H groups in total. The number of rotatable bonds is 2. The van der Waals surface area contributed by atoms with Crippen LogP contribution in [0.25, 0.3) is 0 Å². The monoisotopic (exact) mass is 149 g/mol. The summed E-state index contributed by atoms with van der Waals surface area (Å²) in [5, 5.41) is 8.26. The van der Waals surface area contributed by atoms with Gasteiger partial charge in [-0.05, 0) is 24.1 Å². The second kappa shape index (κ2) is 3.72. The van der Waals surface area contributed by atoms with Gasteiger partial charge < -0.3 is 0 Å². The lowest BCUT2D eigenvalue weighted by molar-refractivity contribution is 0.627. The third-order valence-corrected chi connectivity index (χ3v) is 1.44. The number of benzene rings is 1. The molecule has 0 bridgehead atoms. The van der Waals surface area contributed by atoms with Gasteiger partial charge in [-0.25, -0.2) is 4.39 Å². The molecule has 0 radical (unpaired) electrons. The van der Waals surface area contributed by atoms with Gasteiger partial charge in [-0.15, -0.1) is 0 Å². The van der Waals surface area contributed by atoms with Crippen molar-refractivity contribution in [3.05, 3.63) is 35.6 Å². The standard InChI is InChI=1S/C9H8FN/c10-9-5-3-8(4-6-9)2-1-7-11/h3-6H,1-2H2. The Morgan fingerprint density at radius 1 is 1.27 bits per heavy atom. The summed E-state index contributed by atoms with van der Waals surface area (Å²) >= 11 is 0. The number of halogens is 1. The Labute approximate surface area is 65.1 Å². The van der Waals surface area contributed by atoms with E-state index in [2.05, 4.69) is 0 Å². The minimum atomic E-state index is -0.231. The third kappa shape index (κ3) is 2.38. The van der Waals surface area contributed by atoms with Gasteiger partial charge in [0.15, 0.2) is 0 Å². The Balaban J connectivity index is 2.60. The molecule has 1 aromatic rings. The van der Waals surface area contributed by atoms with Gasteiger partial charge >= 0.3 is 0 Å². The molecular weight excluding hydrogens is 141 g/mol. The van der Waals surface area contributed by atoms with Gasteiger partial charge in [0.1, 0.15) is 5.82 Å². The maximum absolute atomic E-state index is 12.3. The van der Waals surface area contributed by atoms with E-state index in [0.717, 1.165) is 5.56 Å². The lowest BCUT2D eigenvalue weighted by atomic mass is 10.1. The van der Waals surface area contributed by atoms with E-state index in [9.17, 15) is 4.39 Å².